The Morgan fingerprint density at radius 2 is 1.79 bits per heavy atom. The summed E-state index contributed by atoms with van der Waals surface area (Å²) < 4.78 is 5.38. The SMILES string of the molecule is Nc1ccc2c(c1)CN(CCN1CCOCC1)CC2. The van der Waals surface area contributed by atoms with Gasteiger partial charge in [-0.1, -0.05) is 6.07 Å². The Balaban J connectivity index is 1.53. The third kappa shape index (κ3) is 3.26. The zero-order chi connectivity index (χ0) is 13.1. The fourth-order valence-corrected chi connectivity index (χ4v) is 2.93. The summed E-state index contributed by atoms with van der Waals surface area (Å²) in [6.45, 7) is 8.45. The lowest BCUT2D eigenvalue weighted by Gasteiger charge is -2.32. The molecule has 2 N–H and O–H groups in total. The molecule has 2 aliphatic heterocycles. The van der Waals surface area contributed by atoms with E-state index in [9.17, 15) is 0 Å². The maximum atomic E-state index is 5.88. The average molecular weight is 261 g/mol. The van der Waals surface area contributed by atoms with Crippen LogP contribution in [0.15, 0.2) is 18.2 Å². The molecule has 19 heavy (non-hydrogen) atoms. The first-order chi connectivity index (χ1) is 9.31. The van der Waals surface area contributed by atoms with Crippen LogP contribution in [0.5, 0.6) is 0 Å². The second-order valence-corrected chi connectivity index (χ2v) is 5.51. The number of morpholine rings is 1. The molecule has 1 fully saturated rings. The molecule has 0 atom stereocenters. The van der Waals surface area contributed by atoms with Gasteiger partial charge in [0.2, 0.25) is 0 Å². The van der Waals surface area contributed by atoms with Crippen molar-refractivity contribution in [3.8, 4) is 0 Å². The van der Waals surface area contributed by atoms with Gasteiger partial charge in [-0.05, 0) is 29.7 Å². The predicted molar refractivity (Wildman–Crippen MR) is 77.1 cm³/mol. The summed E-state index contributed by atoms with van der Waals surface area (Å²) in [5.41, 5.74) is 9.64. The van der Waals surface area contributed by atoms with Crippen LogP contribution in [0.3, 0.4) is 0 Å². The van der Waals surface area contributed by atoms with Gasteiger partial charge in [0.15, 0.2) is 0 Å². The number of nitrogen functional groups attached to an aromatic ring is 1. The molecule has 0 unspecified atom stereocenters. The third-order valence-corrected chi connectivity index (χ3v) is 4.16. The fourth-order valence-electron chi connectivity index (χ4n) is 2.93. The molecule has 0 aliphatic carbocycles. The van der Waals surface area contributed by atoms with E-state index in [1.54, 1.807) is 0 Å². The summed E-state index contributed by atoms with van der Waals surface area (Å²) >= 11 is 0. The van der Waals surface area contributed by atoms with Gasteiger partial charge in [0.25, 0.3) is 0 Å². The molecule has 0 amide bonds. The average Bonchev–Trinajstić information content (AvgIpc) is 2.46. The molecule has 3 rings (SSSR count). The molecule has 2 aliphatic rings. The van der Waals surface area contributed by atoms with Crippen molar-refractivity contribution in [2.75, 3.05) is 51.7 Å². The van der Waals surface area contributed by atoms with Crippen LogP contribution in [0.2, 0.25) is 0 Å². The lowest BCUT2D eigenvalue weighted by atomic mass is 9.99. The molecule has 1 aromatic carbocycles. The number of fused-ring (bicyclic) bond motifs is 1. The molecule has 1 saturated heterocycles. The summed E-state index contributed by atoms with van der Waals surface area (Å²) in [6, 6.07) is 6.34. The second kappa shape index (κ2) is 5.90. The van der Waals surface area contributed by atoms with Crippen molar-refractivity contribution in [1.82, 2.24) is 9.80 Å². The highest BCUT2D eigenvalue weighted by Crippen LogP contribution is 2.21. The van der Waals surface area contributed by atoms with E-state index < -0.39 is 0 Å². The molecule has 104 valence electrons. The van der Waals surface area contributed by atoms with E-state index in [1.807, 2.05) is 6.07 Å². The van der Waals surface area contributed by atoms with Gasteiger partial charge in [-0.2, -0.15) is 0 Å². The summed E-state index contributed by atoms with van der Waals surface area (Å²) in [6.07, 6.45) is 1.15. The van der Waals surface area contributed by atoms with E-state index in [0.29, 0.717) is 0 Å². The number of nitrogens with two attached hydrogens (primary N) is 1. The Bertz CT molecular complexity index is 429. The molecule has 4 heteroatoms. The monoisotopic (exact) mass is 261 g/mol. The second-order valence-electron chi connectivity index (χ2n) is 5.51. The van der Waals surface area contributed by atoms with Crippen molar-refractivity contribution in [1.29, 1.82) is 0 Å². The molecule has 0 spiro atoms. The maximum Gasteiger partial charge on any atom is 0.0594 e. The van der Waals surface area contributed by atoms with Gasteiger partial charge in [0, 0.05) is 45.0 Å². The van der Waals surface area contributed by atoms with Gasteiger partial charge in [0.1, 0.15) is 0 Å². The first-order valence-corrected chi connectivity index (χ1v) is 7.21. The highest BCUT2D eigenvalue weighted by atomic mass is 16.5. The van der Waals surface area contributed by atoms with Gasteiger partial charge < -0.3 is 10.5 Å². The maximum absolute atomic E-state index is 5.88. The summed E-state index contributed by atoms with van der Waals surface area (Å²) in [5, 5.41) is 0. The fraction of sp³-hybridized carbons (Fsp3) is 0.600. The van der Waals surface area contributed by atoms with Crippen LogP contribution in [0.25, 0.3) is 0 Å². The molecular formula is C15H23N3O. The van der Waals surface area contributed by atoms with Crippen LogP contribution in [-0.4, -0.2) is 55.7 Å². The number of benzene rings is 1. The zero-order valence-electron chi connectivity index (χ0n) is 11.5. The molecule has 2 heterocycles. The van der Waals surface area contributed by atoms with Gasteiger partial charge in [0.05, 0.1) is 13.2 Å². The van der Waals surface area contributed by atoms with E-state index in [1.165, 1.54) is 17.7 Å². The molecule has 1 aromatic rings. The molecule has 0 bridgehead atoms. The van der Waals surface area contributed by atoms with Gasteiger partial charge >= 0.3 is 0 Å². The number of rotatable bonds is 3. The van der Waals surface area contributed by atoms with Crippen LogP contribution in [0.1, 0.15) is 11.1 Å². The van der Waals surface area contributed by atoms with Gasteiger partial charge in [-0.25, -0.2) is 0 Å². The quantitative estimate of drug-likeness (QED) is 0.823. The van der Waals surface area contributed by atoms with Crippen LogP contribution < -0.4 is 5.73 Å². The first kappa shape index (κ1) is 12.9. The Morgan fingerprint density at radius 3 is 2.63 bits per heavy atom. The molecular weight excluding hydrogens is 238 g/mol. The van der Waals surface area contributed by atoms with Crippen molar-refractivity contribution >= 4 is 5.69 Å². The third-order valence-electron chi connectivity index (χ3n) is 4.16. The van der Waals surface area contributed by atoms with Crippen LogP contribution in [0.4, 0.5) is 5.69 Å². The van der Waals surface area contributed by atoms with Gasteiger partial charge in [-0.3, -0.25) is 9.80 Å². The minimum absolute atomic E-state index is 0.883. The molecule has 0 radical (unpaired) electrons. The van der Waals surface area contributed by atoms with Crippen molar-refractivity contribution in [3.63, 3.8) is 0 Å². The van der Waals surface area contributed by atoms with Gasteiger partial charge in [-0.15, -0.1) is 0 Å². The van der Waals surface area contributed by atoms with E-state index in [2.05, 4.69) is 21.9 Å². The molecule has 0 aromatic heterocycles. The van der Waals surface area contributed by atoms with Crippen LogP contribution >= 0.6 is 0 Å². The lowest BCUT2D eigenvalue weighted by Crippen LogP contribution is -2.42. The standard InChI is InChI=1S/C15H23N3O/c16-15-2-1-13-3-4-18(12-14(13)11-15)6-5-17-7-9-19-10-8-17/h1-2,11H,3-10,12,16H2. The van der Waals surface area contributed by atoms with Crippen molar-refractivity contribution in [2.45, 2.75) is 13.0 Å². The molecule has 4 nitrogen and oxygen atoms in total. The van der Waals surface area contributed by atoms with Crippen LogP contribution in [0, 0.1) is 0 Å². The number of hydrogen-bond acceptors (Lipinski definition) is 4. The topological polar surface area (TPSA) is 41.7 Å². The van der Waals surface area contributed by atoms with E-state index in [-0.39, 0.29) is 0 Å². The minimum atomic E-state index is 0.883. The summed E-state index contributed by atoms with van der Waals surface area (Å²) in [5.74, 6) is 0. The predicted octanol–water partition coefficient (Wildman–Crippen LogP) is 0.959. The number of hydrogen-bond donors (Lipinski definition) is 1. The zero-order valence-corrected chi connectivity index (χ0v) is 11.5. The minimum Gasteiger partial charge on any atom is -0.399 e. The van der Waals surface area contributed by atoms with Crippen LogP contribution in [-0.2, 0) is 17.7 Å². The largest absolute Gasteiger partial charge is 0.399 e. The normalized spacial score (nSPS) is 21.3. The van der Waals surface area contributed by atoms with Crippen molar-refractivity contribution < 1.29 is 4.74 Å². The summed E-state index contributed by atoms with van der Waals surface area (Å²) in [7, 11) is 0. The number of ether oxygens (including phenoxy) is 1. The highest BCUT2D eigenvalue weighted by Gasteiger charge is 2.17. The van der Waals surface area contributed by atoms with E-state index >= 15 is 0 Å². The molecule has 0 saturated carbocycles. The smallest absolute Gasteiger partial charge is 0.0594 e. The number of anilines is 1. The Labute approximate surface area is 115 Å². The Kier molecular flexibility index (Phi) is 4.01. The van der Waals surface area contributed by atoms with Crippen molar-refractivity contribution in [3.05, 3.63) is 29.3 Å². The number of nitrogens with zero attached hydrogens (tertiary/aromatic N) is 2. The highest BCUT2D eigenvalue weighted by molar-refractivity contribution is 5.45. The summed E-state index contributed by atoms with van der Waals surface area (Å²) in [4.78, 5) is 5.04. The Hall–Kier alpha value is -1.10. The lowest BCUT2D eigenvalue weighted by molar-refractivity contribution is 0.0327. The Morgan fingerprint density at radius 1 is 1.00 bits per heavy atom. The van der Waals surface area contributed by atoms with E-state index in [0.717, 1.165) is 58.0 Å². The van der Waals surface area contributed by atoms with E-state index in [4.69, 9.17) is 10.5 Å². The van der Waals surface area contributed by atoms with Crippen molar-refractivity contribution in [2.24, 2.45) is 0 Å². The first-order valence-electron chi connectivity index (χ1n) is 7.21.